The number of hydrogen-bond acceptors (Lipinski definition) is 4. The van der Waals surface area contributed by atoms with E-state index in [1.165, 1.54) is 18.4 Å². The topological polar surface area (TPSA) is 61.2 Å². The lowest BCUT2D eigenvalue weighted by Gasteiger charge is -2.16. The van der Waals surface area contributed by atoms with Gasteiger partial charge >= 0.3 is 0 Å². The molecule has 6 heteroatoms. The van der Waals surface area contributed by atoms with Gasteiger partial charge in [-0.3, -0.25) is 0 Å². The fourth-order valence-electron chi connectivity index (χ4n) is 1.52. The van der Waals surface area contributed by atoms with Crippen LogP contribution in [0.1, 0.15) is 11.1 Å². The molecule has 1 aromatic rings. The van der Waals surface area contributed by atoms with Crippen LogP contribution in [0, 0.1) is 17.1 Å². The number of nitrogens with zero attached hydrogens (tertiary/aromatic N) is 2. The van der Waals surface area contributed by atoms with Crippen LogP contribution in [-0.4, -0.2) is 38.9 Å². The van der Waals surface area contributed by atoms with Gasteiger partial charge in [-0.2, -0.15) is 5.26 Å². The van der Waals surface area contributed by atoms with Crippen molar-refractivity contribution < 1.29 is 12.8 Å². The summed E-state index contributed by atoms with van der Waals surface area (Å²) < 4.78 is 35.2. The van der Waals surface area contributed by atoms with Crippen molar-refractivity contribution in [3.63, 3.8) is 0 Å². The summed E-state index contributed by atoms with van der Waals surface area (Å²) >= 11 is 0. The summed E-state index contributed by atoms with van der Waals surface area (Å²) in [5, 5.41) is 8.72. The third-order valence-electron chi connectivity index (χ3n) is 2.38. The standard InChI is InChI=1S/C12H15FN2O2S/c1-15(3-4-18(2,16)17)9-11-5-10(8-14)6-12(13)7-11/h5-7H,3-4,9H2,1-2H3. The smallest absolute Gasteiger partial charge is 0.148 e. The van der Waals surface area contributed by atoms with Crippen molar-refractivity contribution in [2.45, 2.75) is 6.54 Å². The molecule has 4 nitrogen and oxygen atoms in total. The third-order valence-corrected chi connectivity index (χ3v) is 3.31. The lowest BCUT2D eigenvalue weighted by molar-refractivity contribution is 0.345. The van der Waals surface area contributed by atoms with Gasteiger partial charge in [-0.25, -0.2) is 12.8 Å². The number of halogens is 1. The van der Waals surface area contributed by atoms with Crippen LogP contribution in [0.15, 0.2) is 18.2 Å². The van der Waals surface area contributed by atoms with E-state index in [0.29, 0.717) is 18.7 Å². The molecule has 0 aliphatic carbocycles. The number of sulfone groups is 1. The molecule has 0 amide bonds. The molecule has 0 fully saturated rings. The molecule has 0 saturated carbocycles. The second kappa shape index (κ2) is 5.94. The van der Waals surface area contributed by atoms with Crippen LogP contribution in [0.2, 0.25) is 0 Å². The molecule has 1 rings (SSSR count). The summed E-state index contributed by atoms with van der Waals surface area (Å²) in [7, 11) is -1.25. The monoisotopic (exact) mass is 270 g/mol. The molecule has 0 aliphatic rings. The first kappa shape index (κ1) is 14.6. The molecule has 0 spiro atoms. The van der Waals surface area contributed by atoms with Gasteiger partial charge in [0, 0.05) is 19.3 Å². The minimum Gasteiger partial charge on any atom is -0.301 e. The Balaban J connectivity index is 2.67. The summed E-state index contributed by atoms with van der Waals surface area (Å²) in [6, 6.07) is 5.99. The first-order valence-electron chi connectivity index (χ1n) is 5.36. The molecular weight excluding hydrogens is 255 g/mol. The number of benzene rings is 1. The van der Waals surface area contributed by atoms with Gasteiger partial charge in [0.1, 0.15) is 15.7 Å². The lowest BCUT2D eigenvalue weighted by atomic mass is 10.1. The molecular formula is C12H15FN2O2S. The van der Waals surface area contributed by atoms with Crippen LogP contribution in [-0.2, 0) is 16.4 Å². The van der Waals surface area contributed by atoms with Gasteiger partial charge in [0.15, 0.2) is 0 Å². The predicted octanol–water partition coefficient (Wildman–Crippen LogP) is 1.17. The maximum absolute atomic E-state index is 13.2. The van der Waals surface area contributed by atoms with Crippen LogP contribution < -0.4 is 0 Å². The van der Waals surface area contributed by atoms with Crippen molar-refractivity contribution in [3.05, 3.63) is 35.1 Å². The van der Waals surface area contributed by atoms with Crippen LogP contribution in [0.4, 0.5) is 4.39 Å². The van der Waals surface area contributed by atoms with E-state index in [0.717, 1.165) is 0 Å². The summed E-state index contributed by atoms with van der Waals surface area (Å²) in [5.41, 5.74) is 0.920. The molecule has 0 bridgehead atoms. The zero-order valence-electron chi connectivity index (χ0n) is 10.4. The molecule has 0 heterocycles. The number of nitriles is 1. The average Bonchev–Trinajstić information content (AvgIpc) is 2.24. The molecule has 0 aromatic heterocycles. The Morgan fingerprint density at radius 1 is 1.39 bits per heavy atom. The molecule has 0 N–H and O–H groups in total. The van der Waals surface area contributed by atoms with E-state index in [1.54, 1.807) is 18.0 Å². The van der Waals surface area contributed by atoms with Crippen LogP contribution in [0.3, 0.4) is 0 Å². The molecule has 18 heavy (non-hydrogen) atoms. The zero-order valence-corrected chi connectivity index (χ0v) is 11.2. The molecule has 1 aromatic carbocycles. The highest BCUT2D eigenvalue weighted by Gasteiger charge is 2.07. The predicted molar refractivity (Wildman–Crippen MR) is 67.2 cm³/mol. The van der Waals surface area contributed by atoms with Gasteiger partial charge in [0.05, 0.1) is 17.4 Å². The van der Waals surface area contributed by atoms with Crippen molar-refractivity contribution in [3.8, 4) is 6.07 Å². The van der Waals surface area contributed by atoms with Crippen molar-refractivity contribution in [2.24, 2.45) is 0 Å². The number of hydrogen-bond donors (Lipinski definition) is 0. The van der Waals surface area contributed by atoms with Crippen LogP contribution in [0.5, 0.6) is 0 Å². The van der Waals surface area contributed by atoms with Crippen LogP contribution in [0.25, 0.3) is 0 Å². The molecule has 0 saturated heterocycles. The summed E-state index contributed by atoms with van der Waals surface area (Å²) in [5.74, 6) is -0.398. The van der Waals surface area contributed by atoms with E-state index in [2.05, 4.69) is 0 Å². The Labute approximate surface area is 107 Å². The molecule has 0 unspecified atom stereocenters. The third kappa shape index (κ3) is 5.25. The minimum absolute atomic E-state index is 0.0594. The van der Waals surface area contributed by atoms with E-state index >= 15 is 0 Å². The van der Waals surface area contributed by atoms with E-state index < -0.39 is 15.7 Å². The van der Waals surface area contributed by atoms with Crippen molar-refractivity contribution in [1.82, 2.24) is 4.90 Å². The molecule has 0 aliphatic heterocycles. The Kier molecular flexibility index (Phi) is 4.82. The largest absolute Gasteiger partial charge is 0.301 e. The normalized spacial score (nSPS) is 11.5. The first-order valence-corrected chi connectivity index (χ1v) is 7.42. The number of rotatable bonds is 5. The Morgan fingerprint density at radius 2 is 2.06 bits per heavy atom. The fraction of sp³-hybridized carbons (Fsp3) is 0.417. The maximum Gasteiger partial charge on any atom is 0.148 e. The lowest BCUT2D eigenvalue weighted by Crippen LogP contribution is -2.25. The summed E-state index contributed by atoms with van der Waals surface area (Å²) in [4.78, 5) is 1.77. The average molecular weight is 270 g/mol. The summed E-state index contributed by atoms with van der Waals surface area (Å²) in [6.07, 6.45) is 1.18. The van der Waals surface area contributed by atoms with E-state index in [1.807, 2.05) is 6.07 Å². The quantitative estimate of drug-likeness (QED) is 0.806. The van der Waals surface area contributed by atoms with Crippen LogP contribution >= 0.6 is 0 Å². The summed E-state index contributed by atoms with van der Waals surface area (Å²) in [6.45, 7) is 0.777. The minimum atomic E-state index is -3.00. The SMILES string of the molecule is CN(CCS(C)(=O)=O)Cc1cc(F)cc(C#N)c1. The fourth-order valence-corrected chi connectivity index (χ4v) is 2.16. The highest BCUT2D eigenvalue weighted by Crippen LogP contribution is 2.10. The Morgan fingerprint density at radius 3 is 2.61 bits per heavy atom. The second-order valence-corrected chi connectivity index (χ2v) is 6.59. The van der Waals surface area contributed by atoms with Crippen molar-refractivity contribution in [2.75, 3.05) is 25.6 Å². The van der Waals surface area contributed by atoms with Gasteiger partial charge in [-0.05, 0) is 30.8 Å². The Hall–Kier alpha value is -1.45. The van der Waals surface area contributed by atoms with E-state index in [4.69, 9.17) is 5.26 Å². The van der Waals surface area contributed by atoms with Gasteiger partial charge in [-0.1, -0.05) is 0 Å². The maximum atomic E-state index is 13.2. The first-order chi connectivity index (χ1) is 8.30. The van der Waals surface area contributed by atoms with E-state index in [-0.39, 0.29) is 11.3 Å². The highest BCUT2D eigenvalue weighted by molar-refractivity contribution is 7.90. The highest BCUT2D eigenvalue weighted by atomic mass is 32.2. The molecule has 0 radical (unpaired) electrons. The van der Waals surface area contributed by atoms with Gasteiger partial charge in [0.25, 0.3) is 0 Å². The van der Waals surface area contributed by atoms with E-state index in [9.17, 15) is 12.8 Å². The van der Waals surface area contributed by atoms with Gasteiger partial charge in [-0.15, -0.1) is 0 Å². The van der Waals surface area contributed by atoms with Gasteiger partial charge < -0.3 is 4.90 Å². The van der Waals surface area contributed by atoms with Gasteiger partial charge in [0.2, 0.25) is 0 Å². The molecule has 98 valence electrons. The van der Waals surface area contributed by atoms with Crippen molar-refractivity contribution in [1.29, 1.82) is 5.26 Å². The zero-order chi connectivity index (χ0) is 13.8. The second-order valence-electron chi connectivity index (χ2n) is 4.33. The Bertz CT molecular complexity index is 564. The van der Waals surface area contributed by atoms with Crippen molar-refractivity contribution >= 4 is 9.84 Å². The molecule has 0 atom stereocenters.